The summed E-state index contributed by atoms with van der Waals surface area (Å²) in [5, 5.41) is 0. The molecular formula is C3H6NO3S. The van der Waals surface area contributed by atoms with Crippen LogP contribution in [0.3, 0.4) is 0 Å². The zero-order valence-corrected chi connectivity index (χ0v) is 5.18. The SMILES string of the molecule is CS(=O)(=O)[N]CC=O. The van der Waals surface area contributed by atoms with E-state index in [0.29, 0.717) is 6.29 Å². The van der Waals surface area contributed by atoms with Gasteiger partial charge in [0.1, 0.15) is 6.29 Å². The lowest BCUT2D eigenvalue weighted by molar-refractivity contribution is -0.106. The van der Waals surface area contributed by atoms with Gasteiger partial charge in [0, 0.05) is 0 Å². The Bertz CT molecular complexity index is 159. The Morgan fingerprint density at radius 3 is 2.25 bits per heavy atom. The van der Waals surface area contributed by atoms with E-state index in [1.165, 1.54) is 0 Å². The van der Waals surface area contributed by atoms with Gasteiger partial charge in [-0.25, -0.2) is 8.42 Å². The number of carbonyl (C=O) groups excluding carboxylic acids is 1. The van der Waals surface area contributed by atoms with Gasteiger partial charge in [0.15, 0.2) is 0 Å². The van der Waals surface area contributed by atoms with Gasteiger partial charge in [0.05, 0.1) is 12.8 Å². The second-order valence-corrected chi connectivity index (χ2v) is 2.94. The van der Waals surface area contributed by atoms with E-state index in [1.807, 2.05) is 0 Å². The first-order valence-electron chi connectivity index (χ1n) is 1.88. The summed E-state index contributed by atoms with van der Waals surface area (Å²) < 4.78 is 23.1. The van der Waals surface area contributed by atoms with Gasteiger partial charge in [-0.15, -0.1) is 4.72 Å². The van der Waals surface area contributed by atoms with Gasteiger partial charge < -0.3 is 4.79 Å². The van der Waals surface area contributed by atoms with Crippen LogP contribution < -0.4 is 4.72 Å². The van der Waals surface area contributed by atoms with E-state index in [4.69, 9.17) is 0 Å². The quantitative estimate of drug-likeness (QED) is 0.455. The summed E-state index contributed by atoms with van der Waals surface area (Å²) in [6.07, 6.45) is 1.37. The molecule has 0 N–H and O–H groups in total. The van der Waals surface area contributed by atoms with Crippen molar-refractivity contribution in [3.63, 3.8) is 0 Å². The molecular weight excluding hydrogens is 130 g/mol. The Kier molecular flexibility index (Phi) is 2.64. The molecule has 0 bridgehead atoms. The zero-order chi connectivity index (χ0) is 6.62. The molecule has 0 rings (SSSR count). The minimum Gasteiger partial charge on any atom is -0.302 e. The first-order chi connectivity index (χ1) is 3.56. The van der Waals surface area contributed by atoms with Crippen molar-refractivity contribution >= 4 is 16.3 Å². The Morgan fingerprint density at radius 1 is 1.62 bits per heavy atom. The van der Waals surface area contributed by atoms with Crippen LogP contribution in [0.5, 0.6) is 0 Å². The van der Waals surface area contributed by atoms with Crippen LogP contribution in [0, 0.1) is 0 Å². The Labute approximate surface area is 47.9 Å². The Balaban J connectivity index is 3.57. The average Bonchev–Trinajstić information content (AvgIpc) is 1.59. The molecule has 4 nitrogen and oxygen atoms in total. The van der Waals surface area contributed by atoms with E-state index in [2.05, 4.69) is 4.72 Å². The Morgan fingerprint density at radius 2 is 2.12 bits per heavy atom. The van der Waals surface area contributed by atoms with Crippen LogP contribution in [0.15, 0.2) is 0 Å². The largest absolute Gasteiger partial charge is 0.302 e. The summed E-state index contributed by atoms with van der Waals surface area (Å²) >= 11 is 0. The molecule has 0 aliphatic carbocycles. The topological polar surface area (TPSA) is 65.3 Å². The average molecular weight is 136 g/mol. The third-order valence-corrected chi connectivity index (χ3v) is 1.00. The van der Waals surface area contributed by atoms with E-state index < -0.39 is 10.0 Å². The fourth-order valence-electron chi connectivity index (χ4n) is 0.166. The number of hydrogen-bond acceptors (Lipinski definition) is 3. The summed E-state index contributed by atoms with van der Waals surface area (Å²) in [4.78, 5) is 9.49. The maximum absolute atomic E-state index is 10.1. The molecule has 0 aliphatic rings. The Hall–Kier alpha value is -0.420. The molecule has 0 saturated carbocycles. The standard InChI is InChI=1S/C3H6NO3S/c1-8(6,7)4-2-3-5/h3H,2H2,1H3. The van der Waals surface area contributed by atoms with E-state index in [1.54, 1.807) is 0 Å². The highest BCUT2D eigenvalue weighted by molar-refractivity contribution is 7.88. The fourth-order valence-corrected chi connectivity index (χ4v) is 0.497. The molecule has 0 unspecified atom stereocenters. The van der Waals surface area contributed by atoms with Crippen molar-refractivity contribution in [2.24, 2.45) is 0 Å². The summed E-state index contributed by atoms with van der Waals surface area (Å²) in [5.74, 6) is 0. The number of hydrogen-bond donors (Lipinski definition) is 0. The van der Waals surface area contributed by atoms with Gasteiger partial charge in [0.2, 0.25) is 10.0 Å². The van der Waals surface area contributed by atoms with Crippen LogP contribution in [0.25, 0.3) is 0 Å². The van der Waals surface area contributed by atoms with Crippen molar-refractivity contribution in [2.75, 3.05) is 12.8 Å². The molecule has 5 heteroatoms. The van der Waals surface area contributed by atoms with Crippen molar-refractivity contribution < 1.29 is 13.2 Å². The monoisotopic (exact) mass is 136 g/mol. The van der Waals surface area contributed by atoms with Crippen molar-refractivity contribution in [3.8, 4) is 0 Å². The second kappa shape index (κ2) is 2.78. The number of carbonyl (C=O) groups is 1. The van der Waals surface area contributed by atoms with Crippen LogP contribution in [-0.2, 0) is 14.8 Å². The number of rotatable bonds is 3. The molecule has 0 heterocycles. The maximum atomic E-state index is 10.1. The lowest BCUT2D eigenvalue weighted by atomic mass is 10.8. The first kappa shape index (κ1) is 7.58. The molecule has 0 amide bonds. The van der Waals surface area contributed by atoms with Gasteiger partial charge in [-0.05, 0) is 0 Å². The summed E-state index contributed by atoms with van der Waals surface area (Å²) in [6.45, 7) is -0.265. The highest BCUT2D eigenvalue weighted by Gasteiger charge is 1.98. The summed E-state index contributed by atoms with van der Waals surface area (Å²) in [5.41, 5.74) is 0. The molecule has 0 aromatic heterocycles. The van der Waals surface area contributed by atoms with Crippen molar-refractivity contribution in [1.82, 2.24) is 4.72 Å². The van der Waals surface area contributed by atoms with Crippen molar-refractivity contribution in [1.29, 1.82) is 0 Å². The van der Waals surface area contributed by atoms with Gasteiger partial charge in [-0.2, -0.15) is 0 Å². The summed E-state index contributed by atoms with van der Waals surface area (Å²) in [7, 11) is -3.29. The van der Waals surface area contributed by atoms with Gasteiger partial charge in [-0.1, -0.05) is 0 Å². The van der Waals surface area contributed by atoms with E-state index in [-0.39, 0.29) is 6.54 Å². The predicted molar refractivity (Wildman–Crippen MR) is 27.9 cm³/mol. The smallest absolute Gasteiger partial charge is 0.225 e. The number of aldehydes is 1. The van der Waals surface area contributed by atoms with E-state index >= 15 is 0 Å². The highest BCUT2D eigenvalue weighted by atomic mass is 32.2. The molecule has 0 aliphatic heterocycles. The first-order valence-corrected chi connectivity index (χ1v) is 3.73. The van der Waals surface area contributed by atoms with Crippen LogP contribution in [0.4, 0.5) is 0 Å². The molecule has 8 heavy (non-hydrogen) atoms. The lowest BCUT2D eigenvalue weighted by Gasteiger charge is -1.87. The fraction of sp³-hybridized carbons (Fsp3) is 0.667. The van der Waals surface area contributed by atoms with Gasteiger partial charge in [-0.3, -0.25) is 0 Å². The zero-order valence-electron chi connectivity index (χ0n) is 4.36. The normalized spacial score (nSPS) is 11.1. The molecule has 0 saturated heterocycles. The molecule has 0 aromatic rings. The molecule has 0 aromatic carbocycles. The lowest BCUT2D eigenvalue weighted by Crippen LogP contribution is -2.15. The summed E-state index contributed by atoms with van der Waals surface area (Å²) in [6, 6.07) is 0. The van der Waals surface area contributed by atoms with Crippen LogP contribution in [0.1, 0.15) is 0 Å². The molecule has 0 atom stereocenters. The number of sulfonamides is 1. The maximum Gasteiger partial charge on any atom is 0.225 e. The van der Waals surface area contributed by atoms with Crippen LogP contribution in [0.2, 0.25) is 0 Å². The highest BCUT2D eigenvalue weighted by Crippen LogP contribution is 1.71. The van der Waals surface area contributed by atoms with Crippen LogP contribution >= 0.6 is 0 Å². The number of nitrogens with zero attached hydrogens (tertiary/aromatic N) is 1. The van der Waals surface area contributed by atoms with Gasteiger partial charge >= 0.3 is 0 Å². The third-order valence-electron chi connectivity index (χ3n) is 0.384. The molecule has 0 spiro atoms. The van der Waals surface area contributed by atoms with Gasteiger partial charge in [0.25, 0.3) is 0 Å². The molecule has 0 fully saturated rings. The van der Waals surface area contributed by atoms with E-state index in [9.17, 15) is 13.2 Å². The second-order valence-electron chi connectivity index (χ2n) is 1.21. The van der Waals surface area contributed by atoms with Crippen molar-refractivity contribution in [3.05, 3.63) is 0 Å². The predicted octanol–water partition coefficient (Wildman–Crippen LogP) is -1.25. The molecule has 1 radical (unpaired) electrons. The minimum absolute atomic E-state index is 0.265. The van der Waals surface area contributed by atoms with Crippen molar-refractivity contribution in [2.45, 2.75) is 0 Å². The third kappa shape index (κ3) is 5.58. The van der Waals surface area contributed by atoms with Crippen LogP contribution in [-0.4, -0.2) is 27.5 Å². The minimum atomic E-state index is -3.29. The molecule has 47 valence electrons. The van der Waals surface area contributed by atoms with E-state index in [0.717, 1.165) is 6.26 Å².